The van der Waals surface area contributed by atoms with Crippen LogP contribution in [-0.2, 0) is 11.3 Å². The molecule has 0 aromatic heterocycles. The monoisotopic (exact) mass is 293 g/mol. The molecule has 0 aliphatic heterocycles. The smallest absolute Gasteiger partial charge is 0.339 e. The molecule has 0 radical (unpaired) electrons. The van der Waals surface area contributed by atoms with Gasteiger partial charge in [0.05, 0.1) is 12.7 Å². The number of aromatic hydroxyl groups is 1. The number of para-hydroxylation sites is 1. The summed E-state index contributed by atoms with van der Waals surface area (Å²) in [7, 11) is 1.27. The fourth-order valence-corrected chi connectivity index (χ4v) is 1.84. The van der Waals surface area contributed by atoms with Crippen LogP contribution in [-0.4, -0.2) is 18.2 Å². The second kappa shape index (κ2) is 6.21. The number of nitrogens with one attached hydrogen (secondary N) is 1. The maximum atomic E-state index is 13.2. The third-order valence-corrected chi connectivity index (χ3v) is 2.89. The molecule has 2 aromatic carbocycles. The number of anilines is 1. The van der Waals surface area contributed by atoms with E-state index >= 15 is 0 Å². The summed E-state index contributed by atoms with van der Waals surface area (Å²) in [5.41, 5.74) is 1.10. The van der Waals surface area contributed by atoms with E-state index in [-0.39, 0.29) is 6.54 Å². The van der Waals surface area contributed by atoms with Crippen LogP contribution in [0.2, 0.25) is 0 Å². The van der Waals surface area contributed by atoms with Gasteiger partial charge in [-0.25, -0.2) is 13.6 Å². The van der Waals surface area contributed by atoms with Crippen molar-refractivity contribution in [3.8, 4) is 5.75 Å². The highest BCUT2D eigenvalue weighted by molar-refractivity contribution is 5.95. The molecule has 110 valence electrons. The van der Waals surface area contributed by atoms with Crippen molar-refractivity contribution in [2.45, 2.75) is 6.54 Å². The molecule has 0 amide bonds. The van der Waals surface area contributed by atoms with Gasteiger partial charge in [-0.1, -0.05) is 12.1 Å². The fourth-order valence-electron chi connectivity index (χ4n) is 1.84. The third kappa shape index (κ3) is 3.28. The Bertz CT molecular complexity index is 651. The Labute approximate surface area is 120 Å². The van der Waals surface area contributed by atoms with E-state index in [4.69, 9.17) is 5.11 Å². The van der Waals surface area contributed by atoms with E-state index in [2.05, 4.69) is 10.1 Å². The topological polar surface area (TPSA) is 58.6 Å². The first-order chi connectivity index (χ1) is 10.0. The summed E-state index contributed by atoms with van der Waals surface area (Å²) in [5, 5.41) is 11.9. The fraction of sp³-hybridized carbons (Fsp3) is 0.133. The number of phenolic OH excluding ortho intramolecular Hbond substituents is 1. The van der Waals surface area contributed by atoms with Crippen molar-refractivity contribution in [1.29, 1.82) is 0 Å². The lowest BCUT2D eigenvalue weighted by Crippen LogP contribution is -2.08. The molecule has 21 heavy (non-hydrogen) atoms. The molecule has 0 bridgehead atoms. The number of halogens is 2. The minimum absolute atomic E-state index is 0.0854. The van der Waals surface area contributed by atoms with Crippen molar-refractivity contribution in [3.63, 3.8) is 0 Å². The number of carbonyl (C=O) groups excluding carboxylic acids is 1. The van der Waals surface area contributed by atoms with E-state index in [1.165, 1.54) is 7.11 Å². The van der Waals surface area contributed by atoms with E-state index in [0.29, 0.717) is 16.8 Å². The van der Waals surface area contributed by atoms with Crippen LogP contribution in [0.1, 0.15) is 15.9 Å². The number of carbonyl (C=O) groups is 1. The van der Waals surface area contributed by atoms with E-state index in [1.807, 2.05) is 0 Å². The van der Waals surface area contributed by atoms with Crippen LogP contribution in [0.5, 0.6) is 5.75 Å². The number of phenols is 1. The zero-order valence-corrected chi connectivity index (χ0v) is 11.2. The Balaban J connectivity index is 2.19. The molecule has 0 saturated carbocycles. The van der Waals surface area contributed by atoms with Crippen LogP contribution in [0.3, 0.4) is 0 Å². The van der Waals surface area contributed by atoms with Crippen molar-refractivity contribution >= 4 is 11.7 Å². The van der Waals surface area contributed by atoms with Gasteiger partial charge in [-0.15, -0.1) is 0 Å². The molecule has 0 atom stereocenters. The Morgan fingerprint density at radius 1 is 1.24 bits per heavy atom. The number of benzene rings is 2. The Kier molecular flexibility index (Phi) is 4.37. The first-order valence-corrected chi connectivity index (χ1v) is 6.11. The Morgan fingerprint density at radius 2 is 1.86 bits per heavy atom. The first-order valence-electron chi connectivity index (χ1n) is 6.11. The van der Waals surface area contributed by atoms with Crippen molar-refractivity contribution in [3.05, 3.63) is 59.2 Å². The molecule has 0 aliphatic rings. The van der Waals surface area contributed by atoms with Gasteiger partial charge in [-0.3, -0.25) is 0 Å². The highest BCUT2D eigenvalue weighted by Gasteiger charge is 2.12. The molecule has 0 aliphatic carbocycles. The molecule has 2 N–H and O–H groups in total. The van der Waals surface area contributed by atoms with E-state index in [0.717, 1.165) is 12.1 Å². The zero-order valence-electron chi connectivity index (χ0n) is 11.2. The minimum atomic E-state index is -1.03. The van der Waals surface area contributed by atoms with Gasteiger partial charge < -0.3 is 15.2 Å². The normalized spacial score (nSPS) is 10.2. The van der Waals surface area contributed by atoms with E-state index < -0.39 is 23.4 Å². The number of hydrogen-bond acceptors (Lipinski definition) is 4. The van der Waals surface area contributed by atoms with Crippen LogP contribution in [0.25, 0.3) is 0 Å². The van der Waals surface area contributed by atoms with Crippen LogP contribution < -0.4 is 5.32 Å². The lowest BCUT2D eigenvalue weighted by Gasteiger charge is -2.11. The summed E-state index contributed by atoms with van der Waals surface area (Å²) < 4.78 is 31.1. The van der Waals surface area contributed by atoms with Crippen molar-refractivity contribution in [2.75, 3.05) is 12.4 Å². The first kappa shape index (κ1) is 14.8. The maximum Gasteiger partial charge on any atom is 0.339 e. The maximum absolute atomic E-state index is 13.2. The molecule has 2 rings (SSSR count). The number of methoxy groups -OCH3 is 1. The molecule has 0 unspecified atom stereocenters. The van der Waals surface area contributed by atoms with Crippen LogP contribution >= 0.6 is 0 Å². The van der Waals surface area contributed by atoms with Crippen molar-refractivity contribution < 1.29 is 23.4 Å². The zero-order chi connectivity index (χ0) is 15.4. The van der Waals surface area contributed by atoms with E-state index in [9.17, 15) is 13.6 Å². The van der Waals surface area contributed by atoms with Crippen molar-refractivity contribution in [2.24, 2.45) is 0 Å². The summed E-state index contributed by atoms with van der Waals surface area (Å²) in [6, 6.07) is 8.66. The van der Waals surface area contributed by atoms with Crippen LogP contribution in [0, 0.1) is 11.6 Å². The summed E-state index contributed by atoms with van der Waals surface area (Å²) in [6.07, 6.45) is 0. The third-order valence-electron chi connectivity index (χ3n) is 2.89. The highest BCUT2D eigenvalue weighted by Crippen LogP contribution is 2.23. The quantitative estimate of drug-likeness (QED) is 0.851. The molecular formula is C15H13F2NO3. The summed E-state index contributed by atoms with van der Waals surface area (Å²) in [4.78, 5) is 11.6. The van der Waals surface area contributed by atoms with Gasteiger partial charge in [0.15, 0.2) is 17.4 Å². The highest BCUT2D eigenvalue weighted by atomic mass is 19.1. The average Bonchev–Trinajstić information content (AvgIpc) is 2.50. The van der Waals surface area contributed by atoms with Gasteiger partial charge in [0, 0.05) is 12.2 Å². The predicted octanol–water partition coefficient (Wildman–Crippen LogP) is 3.07. The van der Waals surface area contributed by atoms with Crippen molar-refractivity contribution in [1.82, 2.24) is 0 Å². The van der Waals surface area contributed by atoms with Gasteiger partial charge in [0.2, 0.25) is 0 Å². The summed E-state index contributed by atoms with van der Waals surface area (Å²) in [5.74, 6) is -3.59. The molecule has 0 heterocycles. The van der Waals surface area contributed by atoms with Gasteiger partial charge in [0.25, 0.3) is 0 Å². The van der Waals surface area contributed by atoms with Gasteiger partial charge >= 0.3 is 5.97 Å². The summed E-state index contributed by atoms with van der Waals surface area (Å²) in [6.45, 7) is 0.0854. The number of esters is 1. The SMILES string of the molecule is COC(=O)c1ccccc1NCc1cc(F)c(O)c(F)c1. The van der Waals surface area contributed by atoms with E-state index in [1.54, 1.807) is 24.3 Å². The molecule has 0 saturated heterocycles. The van der Waals surface area contributed by atoms with Crippen LogP contribution in [0.4, 0.5) is 14.5 Å². The predicted molar refractivity (Wildman–Crippen MR) is 73.1 cm³/mol. The largest absolute Gasteiger partial charge is 0.503 e. The lowest BCUT2D eigenvalue weighted by atomic mass is 10.1. The minimum Gasteiger partial charge on any atom is -0.503 e. The standard InChI is InChI=1S/C15H13F2NO3/c1-21-15(20)10-4-2-3-5-13(10)18-8-9-6-11(16)14(19)12(17)7-9/h2-7,18-19H,8H2,1H3. The lowest BCUT2D eigenvalue weighted by molar-refractivity contribution is 0.0602. The second-order valence-electron chi connectivity index (χ2n) is 4.30. The molecule has 6 heteroatoms. The number of hydrogen-bond donors (Lipinski definition) is 2. The van der Waals surface area contributed by atoms with Gasteiger partial charge in [0.1, 0.15) is 0 Å². The molecule has 4 nitrogen and oxygen atoms in total. The van der Waals surface area contributed by atoms with Crippen LogP contribution in [0.15, 0.2) is 36.4 Å². The van der Waals surface area contributed by atoms with Gasteiger partial charge in [-0.05, 0) is 29.8 Å². The molecule has 2 aromatic rings. The second-order valence-corrected chi connectivity index (χ2v) is 4.30. The number of rotatable bonds is 4. The molecule has 0 fully saturated rings. The summed E-state index contributed by atoms with van der Waals surface area (Å²) >= 11 is 0. The Morgan fingerprint density at radius 3 is 2.48 bits per heavy atom. The average molecular weight is 293 g/mol. The molecular weight excluding hydrogens is 280 g/mol. The van der Waals surface area contributed by atoms with Gasteiger partial charge in [-0.2, -0.15) is 0 Å². The number of ether oxygens (including phenoxy) is 1. The Hall–Kier alpha value is -2.63. The molecule has 0 spiro atoms.